The first kappa shape index (κ1) is 30.5. The average Bonchev–Trinajstić information content (AvgIpc) is 3.03. The summed E-state index contributed by atoms with van der Waals surface area (Å²) < 4.78 is 22.7. The van der Waals surface area contributed by atoms with E-state index in [2.05, 4.69) is 135 Å². The Hall–Kier alpha value is -3.56. The fourth-order valence-electron chi connectivity index (χ4n) is 6.25. The summed E-state index contributed by atoms with van der Waals surface area (Å²) in [6.45, 7) is 10.7. The van der Waals surface area contributed by atoms with Crippen molar-refractivity contribution in [1.82, 2.24) is 4.31 Å². The Morgan fingerprint density at radius 3 is 1.73 bits per heavy atom. The quantitative estimate of drug-likeness (QED) is 0.172. The number of ether oxygens (including phenoxy) is 1. The van der Waals surface area contributed by atoms with Gasteiger partial charge in [-0.15, -0.1) is 0 Å². The summed E-state index contributed by atoms with van der Waals surface area (Å²) in [5.41, 5.74) is 4.11. The van der Waals surface area contributed by atoms with E-state index >= 15 is 0 Å². The molecule has 3 nitrogen and oxygen atoms in total. The van der Waals surface area contributed by atoms with Gasteiger partial charge in [0.1, 0.15) is 22.5 Å². The van der Waals surface area contributed by atoms with Gasteiger partial charge in [-0.2, -0.15) is 0 Å². The van der Waals surface area contributed by atoms with Crippen LogP contribution in [0, 0.1) is 0 Å². The van der Waals surface area contributed by atoms with E-state index in [4.69, 9.17) is 4.74 Å². The predicted molar refractivity (Wildman–Crippen MR) is 188 cm³/mol. The molecule has 0 fully saturated rings. The highest BCUT2D eigenvalue weighted by Crippen LogP contribution is 2.53. The van der Waals surface area contributed by atoms with Gasteiger partial charge in [-0.05, 0) is 44.9 Å². The summed E-state index contributed by atoms with van der Waals surface area (Å²) in [6.07, 6.45) is 0. The van der Waals surface area contributed by atoms with Gasteiger partial charge in [0.2, 0.25) is 0 Å². The van der Waals surface area contributed by atoms with E-state index in [-0.39, 0.29) is 11.5 Å². The van der Waals surface area contributed by atoms with Crippen LogP contribution >= 0.6 is 7.92 Å². The summed E-state index contributed by atoms with van der Waals surface area (Å²) >= 11 is 0. The molecule has 6 rings (SSSR count). The number of rotatable bonds is 7. The Labute approximate surface area is 266 Å². The fourth-order valence-corrected chi connectivity index (χ4v) is 9.94. The number of para-hydroxylation sites is 2. The van der Waals surface area contributed by atoms with Crippen LogP contribution in [0.2, 0.25) is 0 Å². The molecule has 5 aromatic rings. The first-order chi connectivity index (χ1) is 21.1. The molecule has 2 atom stereocenters. The van der Waals surface area contributed by atoms with Crippen LogP contribution in [0.15, 0.2) is 127 Å². The smallest absolute Gasteiger partial charge is 0.139 e. The Morgan fingerprint density at radius 2 is 1.18 bits per heavy atom. The number of benzene rings is 5. The normalized spacial score (nSPS) is 15.3. The van der Waals surface area contributed by atoms with Crippen LogP contribution in [0.5, 0.6) is 11.5 Å². The minimum atomic E-state index is -1.26. The molecule has 0 aromatic heterocycles. The van der Waals surface area contributed by atoms with Gasteiger partial charge >= 0.3 is 0 Å². The van der Waals surface area contributed by atoms with Crippen molar-refractivity contribution < 1.29 is 8.95 Å². The Balaban J connectivity index is 1.57. The monoisotopic (exact) mass is 617 g/mol. The molecule has 5 aromatic carbocycles. The first-order valence-corrected chi connectivity index (χ1v) is 17.6. The summed E-state index contributed by atoms with van der Waals surface area (Å²) in [4.78, 5) is 0. The lowest BCUT2D eigenvalue weighted by atomic mass is 9.74. The van der Waals surface area contributed by atoms with Gasteiger partial charge in [0.25, 0.3) is 0 Å². The fraction of sp³-hybridized carbons (Fsp3) is 0.231. The van der Waals surface area contributed by atoms with Crippen LogP contribution in [-0.2, 0) is 16.4 Å². The lowest BCUT2D eigenvalue weighted by molar-refractivity contribution is 0.389. The van der Waals surface area contributed by atoms with E-state index < -0.39 is 23.7 Å². The second-order valence-corrected chi connectivity index (χ2v) is 17.3. The van der Waals surface area contributed by atoms with Crippen molar-refractivity contribution in [2.75, 3.05) is 7.05 Å². The van der Waals surface area contributed by atoms with Crippen LogP contribution in [0.4, 0.5) is 0 Å². The number of hydrogen-bond acceptors (Lipinski definition) is 2. The minimum Gasteiger partial charge on any atom is -0.456 e. The molecule has 5 heteroatoms. The van der Waals surface area contributed by atoms with E-state index in [0.717, 1.165) is 28.2 Å². The third-order valence-electron chi connectivity index (χ3n) is 8.42. The maximum Gasteiger partial charge on any atom is 0.139 e. The zero-order valence-corrected chi connectivity index (χ0v) is 28.0. The van der Waals surface area contributed by atoms with Crippen molar-refractivity contribution in [3.8, 4) is 11.5 Å². The van der Waals surface area contributed by atoms with E-state index in [0.29, 0.717) is 0 Å². The van der Waals surface area contributed by atoms with Gasteiger partial charge in [0.15, 0.2) is 0 Å². The van der Waals surface area contributed by atoms with Crippen molar-refractivity contribution in [3.05, 3.63) is 150 Å². The van der Waals surface area contributed by atoms with E-state index in [9.17, 15) is 4.21 Å². The molecule has 0 amide bonds. The minimum absolute atomic E-state index is 0.263. The van der Waals surface area contributed by atoms with Crippen LogP contribution < -0.4 is 20.7 Å². The van der Waals surface area contributed by atoms with Gasteiger partial charge < -0.3 is 4.74 Å². The van der Waals surface area contributed by atoms with Gasteiger partial charge in [0.05, 0.1) is 10.8 Å². The molecule has 1 heterocycles. The molecule has 0 aliphatic carbocycles. The molecular formula is C39H40NO2PS. The van der Waals surface area contributed by atoms with Crippen molar-refractivity contribution >= 4 is 34.8 Å². The van der Waals surface area contributed by atoms with Crippen molar-refractivity contribution in [3.63, 3.8) is 0 Å². The maximum atomic E-state index is 13.9. The highest BCUT2D eigenvalue weighted by molar-refractivity contribution is 7.84. The highest BCUT2D eigenvalue weighted by Gasteiger charge is 2.40. The average molecular weight is 618 g/mol. The summed E-state index contributed by atoms with van der Waals surface area (Å²) in [5, 5.41) is 3.77. The third kappa shape index (κ3) is 5.56. The molecule has 0 N–H and O–H groups in total. The highest BCUT2D eigenvalue weighted by atomic mass is 32.2. The molecule has 1 aliphatic rings. The lowest BCUT2D eigenvalue weighted by Gasteiger charge is -2.40. The van der Waals surface area contributed by atoms with Gasteiger partial charge in [0, 0.05) is 34.5 Å². The molecule has 0 spiro atoms. The van der Waals surface area contributed by atoms with Crippen LogP contribution in [0.3, 0.4) is 0 Å². The Kier molecular flexibility index (Phi) is 8.37. The van der Waals surface area contributed by atoms with E-state index in [1.165, 1.54) is 21.5 Å². The second-order valence-electron chi connectivity index (χ2n) is 12.8. The molecular weight excluding hydrogens is 577 g/mol. The molecule has 44 heavy (non-hydrogen) atoms. The second kappa shape index (κ2) is 12.1. The summed E-state index contributed by atoms with van der Waals surface area (Å²) in [6, 6.07) is 44.8. The van der Waals surface area contributed by atoms with E-state index in [1.54, 1.807) is 0 Å². The summed E-state index contributed by atoms with van der Waals surface area (Å²) in [7, 11) is -0.173. The Bertz CT molecular complexity index is 1740. The van der Waals surface area contributed by atoms with Crippen LogP contribution in [0.25, 0.3) is 0 Å². The standard InChI is InChI=1S/C39H40NO2PS/c1-38(2,3)44(41)40(6)35(28-18-10-7-11-19-28)31-24-16-25-32-36(31)42-37-33(39(32,4)5)26-17-27-34(37)43(29-20-12-8-13-21-29)30-22-14-9-15-23-30/h7-27,35H,1-6H3/t35-,44+/m0/s1. The molecule has 224 valence electrons. The van der Waals surface area contributed by atoms with Crippen LogP contribution in [-0.4, -0.2) is 20.3 Å². The van der Waals surface area contributed by atoms with Crippen molar-refractivity contribution in [2.24, 2.45) is 0 Å². The molecule has 0 bridgehead atoms. The predicted octanol–water partition coefficient (Wildman–Crippen LogP) is 8.36. The van der Waals surface area contributed by atoms with E-state index in [1.807, 2.05) is 38.2 Å². The number of hydrogen-bond donors (Lipinski definition) is 0. The first-order valence-electron chi connectivity index (χ1n) is 15.1. The molecule has 1 aliphatic heterocycles. The van der Waals surface area contributed by atoms with Gasteiger partial charge in [-0.25, -0.2) is 8.51 Å². The topological polar surface area (TPSA) is 29.5 Å². The number of fused-ring (bicyclic) bond motifs is 2. The lowest BCUT2D eigenvalue weighted by Crippen LogP contribution is -2.38. The van der Waals surface area contributed by atoms with Crippen LogP contribution in [0.1, 0.15) is 62.9 Å². The largest absolute Gasteiger partial charge is 0.456 e. The SMILES string of the molecule is CN([C@@H](c1ccccc1)c1cccc2c1Oc1c(P(c3ccccc3)c3ccccc3)cccc1C2(C)C)[S@](=O)C(C)(C)C. The molecule has 0 radical (unpaired) electrons. The maximum absolute atomic E-state index is 13.9. The number of nitrogens with zero attached hydrogens (tertiary/aromatic N) is 1. The van der Waals surface area contributed by atoms with Crippen molar-refractivity contribution in [1.29, 1.82) is 0 Å². The van der Waals surface area contributed by atoms with Crippen molar-refractivity contribution in [2.45, 2.75) is 50.8 Å². The van der Waals surface area contributed by atoms with Gasteiger partial charge in [-0.3, -0.25) is 0 Å². The van der Waals surface area contributed by atoms with Gasteiger partial charge in [-0.1, -0.05) is 141 Å². The zero-order valence-electron chi connectivity index (χ0n) is 26.3. The molecule has 0 saturated heterocycles. The summed E-state index contributed by atoms with van der Waals surface area (Å²) in [5.74, 6) is 1.79. The molecule has 0 unspecified atom stereocenters. The zero-order chi connectivity index (χ0) is 31.1. The Morgan fingerprint density at radius 1 is 0.682 bits per heavy atom. The third-order valence-corrected chi connectivity index (χ3v) is 12.7. The molecule has 0 saturated carbocycles.